The summed E-state index contributed by atoms with van der Waals surface area (Å²) in [5.41, 5.74) is 5.41. The zero-order chi connectivity index (χ0) is 8.53. The molecule has 0 aromatic rings. The summed E-state index contributed by atoms with van der Waals surface area (Å²) in [4.78, 5) is 0. The highest BCUT2D eigenvalue weighted by Crippen LogP contribution is 2.14. The molecule has 1 unspecified atom stereocenters. The quantitative estimate of drug-likeness (QED) is 0.565. The molecule has 0 amide bonds. The largest absolute Gasteiger partial charge is 0.330 e. The van der Waals surface area contributed by atoms with Crippen LogP contribution in [0.3, 0.4) is 0 Å². The first kappa shape index (κ1) is 11.0. The molecular weight excluding hydrogens is 134 g/mol. The van der Waals surface area contributed by atoms with Gasteiger partial charge in [0.2, 0.25) is 0 Å². The van der Waals surface area contributed by atoms with E-state index in [1.54, 1.807) is 0 Å². The zero-order valence-electron chi connectivity index (χ0n) is 8.10. The van der Waals surface area contributed by atoms with Crippen molar-refractivity contribution in [1.29, 1.82) is 0 Å². The standard InChI is InChI=1S/C10H23N/c1-3-4-7-10(2)8-5-6-9-11/h10H,3-9,11H2,1-2H3. The van der Waals surface area contributed by atoms with E-state index in [1.165, 1.54) is 38.5 Å². The molecule has 0 aliphatic carbocycles. The summed E-state index contributed by atoms with van der Waals surface area (Å²) in [6, 6.07) is 0. The molecule has 0 aliphatic heterocycles. The van der Waals surface area contributed by atoms with E-state index in [1.807, 2.05) is 0 Å². The maximum atomic E-state index is 5.41. The van der Waals surface area contributed by atoms with Gasteiger partial charge in [0, 0.05) is 0 Å². The lowest BCUT2D eigenvalue weighted by Crippen LogP contribution is -2.00. The monoisotopic (exact) mass is 157 g/mol. The van der Waals surface area contributed by atoms with E-state index in [-0.39, 0.29) is 0 Å². The summed E-state index contributed by atoms with van der Waals surface area (Å²) in [5.74, 6) is 0.918. The van der Waals surface area contributed by atoms with Crippen LogP contribution in [0.15, 0.2) is 0 Å². The minimum absolute atomic E-state index is 0.862. The molecule has 0 saturated heterocycles. The molecule has 0 aliphatic rings. The molecule has 68 valence electrons. The molecule has 0 aromatic carbocycles. The van der Waals surface area contributed by atoms with Crippen molar-refractivity contribution in [2.75, 3.05) is 6.54 Å². The summed E-state index contributed by atoms with van der Waals surface area (Å²) in [7, 11) is 0. The van der Waals surface area contributed by atoms with Crippen LogP contribution >= 0.6 is 0 Å². The van der Waals surface area contributed by atoms with Crippen molar-refractivity contribution >= 4 is 0 Å². The molecule has 0 saturated carbocycles. The maximum absolute atomic E-state index is 5.41. The van der Waals surface area contributed by atoms with Crippen LogP contribution in [0.25, 0.3) is 0 Å². The summed E-state index contributed by atoms with van der Waals surface area (Å²) >= 11 is 0. The first-order valence-electron chi connectivity index (χ1n) is 5.01. The average Bonchev–Trinajstić information content (AvgIpc) is 2.01. The zero-order valence-corrected chi connectivity index (χ0v) is 8.10. The van der Waals surface area contributed by atoms with Crippen molar-refractivity contribution in [3.63, 3.8) is 0 Å². The van der Waals surface area contributed by atoms with Gasteiger partial charge in [0.15, 0.2) is 0 Å². The summed E-state index contributed by atoms with van der Waals surface area (Å²) < 4.78 is 0. The van der Waals surface area contributed by atoms with Crippen LogP contribution in [0, 0.1) is 5.92 Å². The molecule has 11 heavy (non-hydrogen) atoms. The van der Waals surface area contributed by atoms with Crippen LogP contribution in [-0.4, -0.2) is 6.54 Å². The third-order valence-electron chi connectivity index (χ3n) is 2.20. The van der Waals surface area contributed by atoms with E-state index < -0.39 is 0 Å². The van der Waals surface area contributed by atoms with Crippen LogP contribution < -0.4 is 5.73 Å². The lowest BCUT2D eigenvalue weighted by Gasteiger charge is -2.09. The Labute approximate surface area is 71.4 Å². The number of nitrogens with two attached hydrogens (primary N) is 1. The van der Waals surface area contributed by atoms with E-state index in [9.17, 15) is 0 Å². The van der Waals surface area contributed by atoms with E-state index in [0.717, 1.165) is 12.5 Å². The summed E-state index contributed by atoms with van der Waals surface area (Å²) in [5, 5.41) is 0. The topological polar surface area (TPSA) is 26.0 Å². The second-order valence-corrected chi connectivity index (χ2v) is 3.53. The Morgan fingerprint density at radius 1 is 1.09 bits per heavy atom. The van der Waals surface area contributed by atoms with Crippen molar-refractivity contribution in [3.05, 3.63) is 0 Å². The Morgan fingerprint density at radius 3 is 2.27 bits per heavy atom. The van der Waals surface area contributed by atoms with Crippen LogP contribution in [0.5, 0.6) is 0 Å². The summed E-state index contributed by atoms with van der Waals surface area (Å²) in [6.07, 6.45) is 8.03. The molecule has 0 aromatic heterocycles. The van der Waals surface area contributed by atoms with Gasteiger partial charge in [-0.1, -0.05) is 46.0 Å². The second kappa shape index (κ2) is 8.06. The molecule has 1 heteroatoms. The molecule has 0 fully saturated rings. The molecule has 1 nitrogen and oxygen atoms in total. The lowest BCUT2D eigenvalue weighted by molar-refractivity contribution is 0.451. The molecule has 0 radical (unpaired) electrons. The Balaban J connectivity index is 3.02. The van der Waals surface area contributed by atoms with Crippen molar-refractivity contribution in [2.24, 2.45) is 11.7 Å². The fourth-order valence-corrected chi connectivity index (χ4v) is 1.33. The van der Waals surface area contributed by atoms with E-state index in [2.05, 4.69) is 13.8 Å². The SMILES string of the molecule is CCCCC(C)CCCCN. The van der Waals surface area contributed by atoms with Gasteiger partial charge in [-0.15, -0.1) is 0 Å². The molecule has 0 heterocycles. The predicted molar refractivity (Wildman–Crippen MR) is 51.6 cm³/mol. The highest BCUT2D eigenvalue weighted by Gasteiger charge is 1.99. The van der Waals surface area contributed by atoms with Crippen LogP contribution in [0.4, 0.5) is 0 Å². The molecule has 0 rings (SSSR count). The normalized spacial score (nSPS) is 13.4. The van der Waals surface area contributed by atoms with Gasteiger partial charge < -0.3 is 5.73 Å². The van der Waals surface area contributed by atoms with Crippen molar-refractivity contribution < 1.29 is 0 Å². The Kier molecular flexibility index (Phi) is 8.03. The van der Waals surface area contributed by atoms with Crippen molar-refractivity contribution in [3.8, 4) is 0 Å². The molecule has 1 atom stereocenters. The smallest absolute Gasteiger partial charge is 0.00773 e. The summed E-state index contributed by atoms with van der Waals surface area (Å²) in [6.45, 7) is 5.47. The van der Waals surface area contributed by atoms with Gasteiger partial charge in [-0.2, -0.15) is 0 Å². The Morgan fingerprint density at radius 2 is 1.73 bits per heavy atom. The lowest BCUT2D eigenvalue weighted by atomic mass is 9.98. The van der Waals surface area contributed by atoms with Gasteiger partial charge in [0.1, 0.15) is 0 Å². The van der Waals surface area contributed by atoms with Gasteiger partial charge in [-0.3, -0.25) is 0 Å². The van der Waals surface area contributed by atoms with E-state index >= 15 is 0 Å². The Bertz CT molecular complexity index is 71.3. The number of hydrogen-bond acceptors (Lipinski definition) is 1. The first-order valence-corrected chi connectivity index (χ1v) is 5.01. The molecule has 2 N–H and O–H groups in total. The third-order valence-corrected chi connectivity index (χ3v) is 2.20. The number of hydrogen-bond donors (Lipinski definition) is 1. The minimum atomic E-state index is 0.862. The predicted octanol–water partition coefficient (Wildman–Crippen LogP) is 2.94. The van der Waals surface area contributed by atoms with Crippen LogP contribution in [0.1, 0.15) is 52.4 Å². The molecule has 0 bridgehead atoms. The fourth-order valence-electron chi connectivity index (χ4n) is 1.33. The van der Waals surface area contributed by atoms with Gasteiger partial charge in [-0.25, -0.2) is 0 Å². The highest BCUT2D eigenvalue weighted by molar-refractivity contribution is 4.53. The van der Waals surface area contributed by atoms with Gasteiger partial charge in [0.05, 0.1) is 0 Å². The number of rotatable bonds is 7. The molecular formula is C10H23N. The fraction of sp³-hybridized carbons (Fsp3) is 1.00. The van der Waals surface area contributed by atoms with Crippen molar-refractivity contribution in [1.82, 2.24) is 0 Å². The third kappa shape index (κ3) is 7.86. The van der Waals surface area contributed by atoms with Crippen LogP contribution in [-0.2, 0) is 0 Å². The Hall–Kier alpha value is -0.0400. The second-order valence-electron chi connectivity index (χ2n) is 3.53. The van der Waals surface area contributed by atoms with Gasteiger partial charge in [-0.05, 0) is 18.9 Å². The number of unbranched alkanes of at least 4 members (excludes halogenated alkanes) is 2. The average molecular weight is 157 g/mol. The van der Waals surface area contributed by atoms with E-state index in [4.69, 9.17) is 5.73 Å². The van der Waals surface area contributed by atoms with Gasteiger partial charge in [0.25, 0.3) is 0 Å². The van der Waals surface area contributed by atoms with E-state index in [0.29, 0.717) is 0 Å². The minimum Gasteiger partial charge on any atom is -0.330 e. The highest BCUT2D eigenvalue weighted by atomic mass is 14.5. The maximum Gasteiger partial charge on any atom is -0.00773 e. The van der Waals surface area contributed by atoms with Crippen molar-refractivity contribution in [2.45, 2.75) is 52.4 Å². The van der Waals surface area contributed by atoms with Gasteiger partial charge >= 0.3 is 0 Å². The van der Waals surface area contributed by atoms with Crippen LogP contribution in [0.2, 0.25) is 0 Å². The molecule has 0 spiro atoms. The first-order chi connectivity index (χ1) is 5.31.